The number of nitrogens with one attached hydrogen (secondary N) is 1. The lowest BCUT2D eigenvalue weighted by Crippen LogP contribution is -2.11. The lowest BCUT2D eigenvalue weighted by molar-refractivity contribution is 0.102. The maximum atomic E-state index is 12.2. The molecule has 0 radical (unpaired) electrons. The second-order valence-electron chi connectivity index (χ2n) is 4.40. The Hall–Kier alpha value is -2.30. The topological polar surface area (TPSA) is 56.1 Å². The first-order valence-electron chi connectivity index (χ1n) is 5.70. The minimum Gasteiger partial charge on any atom is -0.436 e. The zero-order chi connectivity index (χ0) is 12.9. The van der Waals surface area contributed by atoms with Gasteiger partial charge in [-0.1, -0.05) is 12.1 Å². The van der Waals surface area contributed by atoms with Crippen molar-refractivity contribution in [2.45, 2.75) is 13.8 Å². The number of fused-ring (bicyclic) bond motifs is 2. The monoisotopic (exact) mass is 243 g/mol. The molecule has 1 aliphatic heterocycles. The van der Waals surface area contributed by atoms with Crippen LogP contribution in [-0.4, -0.2) is 15.7 Å². The molecule has 92 valence electrons. The molecule has 5 nitrogen and oxygen atoms in total. The largest absolute Gasteiger partial charge is 0.436 e. The van der Waals surface area contributed by atoms with E-state index in [2.05, 4.69) is 10.4 Å². The van der Waals surface area contributed by atoms with Crippen LogP contribution in [0.4, 0.5) is 5.69 Å². The van der Waals surface area contributed by atoms with Crippen molar-refractivity contribution in [3.8, 4) is 11.6 Å². The van der Waals surface area contributed by atoms with Crippen molar-refractivity contribution in [1.82, 2.24) is 9.78 Å². The van der Waals surface area contributed by atoms with Gasteiger partial charge < -0.3 is 10.1 Å². The summed E-state index contributed by atoms with van der Waals surface area (Å²) >= 11 is 0. The van der Waals surface area contributed by atoms with E-state index >= 15 is 0 Å². The lowest BCUT2D eigenvalue weighted by atomic mass is 10.1. The van der Waals surface area contributed by atoms with Gasteiger partial charge in [-0.25, -0.2) is 4.68 Å². The average molecular weight is 243 g/mol. The highest BCUT2D eigenvalue weighted by Crippen LogP contribution is 2.38. The summed E-state index contributed by atoms with van der Waals surface area (Å²) in [7, 11) is 1.79. The van der Waals surface area contributed by atoms with E-state index in [0.29, 0.717) is 22.9 Å². The van der Waals surface area contributed by atoms with Gasteiger partial charge in [0.2, 0.25) is 5.88 Å². The number of carbonyl (C=O) groups excluding carboxylic acids is 1. The Morgan fingerprint density at radius 2 is 2.11 bits per heavy atom. The summed E-state index contributed by atoms with van der Waals surface area (Å²) in [5.41, 5.74) is 2.85. The molecule has 0 saturated carbocycles. The number of carbonyl (C=O) groups is 1. The van der Waals surface area contributed by atoms with E-state index in [1.807, 2.05) is 26.0 Å². The average Bonchev–Trinajstić information content (AvgIpc) is 2.50. The van der Waals surface area contributed by atoms with Gasteiger partial charge in [-0.05, 0) is 25.5 Å². The summed E-state index contributed by atoms with van der Waals surface area (Å²) in [5, 5.41) is 7.10. The van der Waals surface area contributed by atoms with Gasteiger partial charge >= 0.3 is 0 Å². The van der Waals surface area contributed by atoms with Crippen molar-refractivity contribution in [1.29, 1.82) is 0 Å². The quantitative estimate of drug-likeness (QED) is 0.773. The molecular weight excluding hydrogens is 230 g/mol. The molecule has 0 bridgehead atoms. The van der Waals surface area contributed by atoms with Gasteiger partial charge in [0.1, 0.15) is 11.4 Å². The number of para-hydroxylation sites is 1. The standard InChI is InChI=1S/C13H13N3O2/c1-7-5-4-6-9-11(7)18-13-10(14-12(9)17)8(2)15-16(13)3/h4-6H,1-3H3,(H,14,17). The fourth-order valence-electron chi connectivity index (χ4n) is 2.14. The Bertz CT molecular complexity index is 658. The van der Waals surface area contributed by atoms with E-state index in [0.717, 1.165) is 11.3 Å². The number of rotatable bonds is 0. The highest BCUT2D eigenvalue weighted by molar-refractivity contribution is 6.08. The molecule has 1 amide bonds. The molecular formula is C13H13N3O2. The number of anilines is 1. The van der Waals surface area contributed by atoms with Crippen LogP contribution < -0.4 is 10.1 Å². The van der Waals surface area contributed by atoms with Crippen LogP contribution in [0.1, 0.15) is 21.6 Å². The Morgan fingerprint density at radius 1 is 1.33 bits per heavy atom. The van der Waals surface area contributed by atoms with Crippen molar-refractivity contribution >= 4 is 11.6 Å². The van der Waals surface area contributed by atoms with Crippen molar-refractivity contribution < 1.29 is 9.53 Å². The lowest BCUT2D eigenvalue weighted by Gasteiger charge is -2.09. The molecule has 1 aromatic carbocycles. The molecule has 0 unspecified atom stereocenters. The van der Waals surface area contributed by atoms with Gasteiger partial charge in [0.05, 0.1) is 11.3 Å². The zero-order valence-corrected chi connectivity index (χ0v) is 10.4. The fourth-order valence-corrected chi connectivity index (χ4v) is 2.14. The van der Waals surface area contributed by atoms with Crippen LogP contribution in [0.2, 0.25) is 0 Å². The number of aromatic nitrogens is 2. The molecule has 18 heavy (non-hydrogen) atoms. The molecule has 1 N–H and O–H groups in total. The van der Waals surface area contributed by atoms with Gasteiger partial charge in [-0.3, -0.25) is 4.79 Å². The summed E-state index contributed by atoms with van der Waals surface area (Å²) < 4.78 is 7.50. The Balaban J connectivity index is 2.25. The third kappa shape index (κ3) is 1.40. The smallest absolute Gasteiger partial charge is 0.259 e. The van der Waals surface area contributed by atoms with E-state index < -0.39 is 0 Å². The molecule has 0 spiro atoms. The van der Waals surface area contributed by atoms with E-state index in [9.17, 15) is 4.79 Å². The third-order valence-corrected chi connectivity index (χ3v) is 3.06. The Morgan fingerprint density at radius 3 is 2.89 bits per heavy atom. The van der Waals surface area contributed by atoms with Crippen LogP contribution in [0, 0.1) is 13.8 Å². The van der Waals surface area contributed by atoms with Crippen molar-refractivity contribution in [3.63, 3.8) is 0 Å². The minimum atomic E-state index is -0.163. The molecule has 1 aliphatic rings. The third-order valence-electron chi connectivity index (χ3n) is 3.06. The molecule has 0 aliphatic carbocycles. The normalized spacial score (nSPS) is 13.2. The van der Waals surface area contributed by atoms with E-state index in [1.54, 1.807) is 17.8 Å². The second-order valence-corrected chi connectivity index (χ2v) is 4.40. The number of ether oxygens (including phenoxy) is 1. The maximum absolute atomic E-state index is 12.2. The molecule has 0 atom stereocenters. The minimum absolute atomic E-state index is 0.163. The predicted molar refractivity (Wildman–Crippen MR) is 67.2 cm³/mol. The molecule has 1 aromatic heterocycles. The van der Waals surface area contributed by atoms with Crippen LogP contribution in [0.3, 0.4) is 0 Å². The van der Waals surface area contributed by atoms with Crippen molar-refractivity contribution in [2.24, 2.45) is 7.05 Å². The number of hydrogen-bond donors (Lipinski definition) is 1. The van der Waals surface area contributed by atoms with Crippen LogP contribution in [0.15, 0.2) is 18.2 Å². The van der Waals surface area contributed by atoms with Crippen molar-refractivity contribution in [2.75, 3.05) is 5.32 Å². The molecule has 2 heterocycles. The fraction of sp³-hybridized carbons (Fsp3) is 0.231. The molecule has 5 heteroatoms. The second kappa shape index (κ2) is 3.60. The van der Waals surface area contributed by atoms with Gasteiger partial charge in [0.25, 0.3) is 5.91 Å². The SMILES string of the molecule is Cc1cccc2c1Oc1c(c(C)nn1C)NC2=O. The van der Waals surface area contributed by atoms with E-state index in [4.69, 9.17) is 4.74 Å². The molecule has 3 rings (SSSR count). The molecule has 2 aromatic rings. The summed E-state index contributed by atoms with van der Waals surface area (Å²) in [6, 6.07) is 5.52. The van der Waals surface area contributed by atoms with Gasteiger partial charge in [-0.2, -0.15) is 5.10 Å². The van der Waals surface area contributed by atoms with Crippen LogP contribution in [0.5, 0.6) is 11.6 Å². The summed E-state index contributed by atoms with van der Waals surface area (Å²) in [4.78, 5) is 12.2. The Kier molecular flexibility index (Phi) is 2.16. The number of benzene rings is 1. The summed E-state index contributed by atoms with van der Waals surface area (Å²) in [6.07, 6.45) is 0. The predicted octanol–water partition coefficient (Wildman–Crippen LogP) is 2.39. The van der Waals surface area contributed by atoms with E-state index in [1.165, 1.54) is 0 Å². The highest BCUT2D eigenvalue weighted by atomic mass is 16.5. The molecule has 0 saturated heterocycles. The number of amides is 1. The first-order valence-corrected chi connectivity index (χ1v) is 5.70. The highest BCUT2D eigenvalue weighted by Gasteiger charge is 2.26. The Labute approximate surface area is 104 Å². The number of hydrogen-bond acceptors (Lipinski definition) is 3. The number of nitrogens with zero attached hydrogens (tertiary/aromatic N) is 2. The summed E-state index contributed by atoms with van der Waals surface area (Å²) in [5.74, 6) is 0.995. The number of aryl methyl sites for hydroxylation is 3. The zero-order valence-electron chi connectivity index (χ0n) is 10.4. The van der Waals surface area contributed by atoms with Crippen LogP contribution in [0.25, 0.3) is 0 Å². The van der Waals surface area contributed by atoms with Crippen LogP contribution >= 0.6 is 0 Å². The first kappa shape index (κ1) is 10.8. The first-order chi connectivity index (χ1) is 8.58. The van der Waals surface area contributed by atoms with Gasteiger partial charge in [0, 0.05) is 7.05 Å². The van der Waals surface area contributed by atoms with Gasteiger partial charge in [-0.15, -0.1) is 0 Å². The maximum Gasteiger partial charge on any atom is 0.259 e. The van der Waals surface area contributed by atoms with E-state index in [-0.39, 0.29) is 5.91 Å². The summed E-state index contributed by atoms with van der Waals surface area (Å²) in [6.45, 7) is 3.76. The van der Waals surface area contributed by atoms with Gasteiger partial charge in [0.15, 0.2) is 0 Å². The van der Waals surface area contributed by atoms with Crippen molar-refractivity contribution in [3.05, 3.63) is 35.0 Å². The van der Waals surface area contributed by atoms with Crippen LogP contribution in [-0.2, 0) is 7.05 Å². The molecule has 0 fully saturated rings.